The zero-order valence-corrected chi connectivity index (χ0v) is 20.2. The molecule has 1 unspecified atom stereocenters. The lowest BCUT2D eigenvalue weighted by Crippen LogP contribution is -2.41. The number of ether oxygens (including phenoxy) is 1. The van der Waals surface area contributed by atoms with Gasteiger partial charge in [-0.25, -0.2) is 0 Å². The van der Waals surface area contributed by atoms with Gasteiger partial charge in [-0.3, -0.25) is 4.79 Å². The highest BCUT2D eigenvalue weighted by molar-refractivity contribution is 5.71. The van der Waals surface area contributed by atoms with Crippen molar-refractivity contribution in [1.82, 2.24) is 0 Å². The Hall–Kier alpha value is -0.570. The van der Waals surface area contributed by atoms with Gasteiger partial charge < -0.3 is 9.84 Å². The van der Waals surface area contributed by atoms with Crippen molar-refractivity contribution in [2.24, 2.45) is 5.41 Å². The summed E-state index contributed by atoms with van der Waals surface area (Å²) in [5.74, 6) is -0.237. The van der Waals surface area contributed by atoms with Crippen LogP contribution in [0.5, 0.6) is 0 Å². The molecule has 0 fully saturated rings. The third-order valence-electron chi connectivity index (χ3n) is 6.93. The summed E-state index contributed by atoms with van der Waals surface area (Å²) in [6, 6.07) is 0. The van der Waals surface area contributed by atoms with Gasteiger partial charge in [-0.2, -0.15) is 0 Å². The van der Waals surface area contributed by atoms with Crippen LogP contribution in [0.25, 0.3) is 0 Å². The van der Waals surface area contributed by atoms with Crippen LogP contribution in [0.4, 0.5) is 0 Å². The van der Waals surface area contributed by atoms with Crippen LogP contribution in [-0.2, 0) is 9.53 Å². The van der Waals surface area contributed by atoms with Crippen molar-refractivity contribution in [3.8, 4) is 0 Å². The van der Waals surface area contributed by atoms with E-state index in [0.29, 0.717) is 12.8 Å². The van der Waals surface area contributed by atoms with Crippen molar-refractivity contribution in [2.45, 2.75) is 150 Å². The van der Waals surface area contributed by atoms with Crippen molar-refractivity contribution in [2.75, 3.05) is 0 Å². The van der Waals surface area contributed by atoms with Gasteiger partial charge >= 0.3 is 5.97 Å². The molecule has 0 saturated carbocycles. The van der Waals surface area contributed by atoms with Crippen LogP contribution in [0, 0.1) is 5.41 Å². The molecule has 0 aliphatic carbocycles. The zero-order valence-electron chi connectivity index (χ0n) is 20.2. The van der Waals surface area contributed by atoms with Crippen LogP contribution >= 0.6 is 0 Å². The van der Waals surface area contributed by atoms with Gasteiger partial charge in [0.15, 0.2) is 0 Å². The predicted octanol–water partition coefficient (Wildman–Crippen LogP) is 7.59. The maximum Gasteiger partial charge on any atom is 0.309 e. The van der Waals surface area contributed by atoms with E-state index in [0.717, 1.165) is 19.3 Å². The van der Waals surface area contributed by atoms with Crippen molar-refractivity contribution in [3.05, 3.63) is 0 Å². The topological polar surface area (TPSA) is 46.5 Å². The lowest BCUT2D eigenvalue weighted by Gasteiger charge is -2.41. The van der Waals surface area contributed by atoms with Crippen molar-refractivity contribution >= 4 is 5.97 Å². The maximum atomic E-state index is 12.7. The highest BCUT2D eigenvalue weighted by Gasteiger charge is 2.40. The van der Waals surface area contributed by atoms with Crippen LogP contribution in [0.15, 0.2) is 0 Å². The normalized spacial score (nSPS) is 14.7. The van der Waals surface area contributed by atoms with Gasteiger partial charge in [0.25, 0.3) is 0 Å². The third-order valence-corrected chi connectivity index (χ3v) is 6.93. The molecule has 0 radical (unpaired) electrons. The molecular formula is C25H50O3. The molecule has 3 nitrogen and oxygen atoms in total. The summed E-state index contributed by atoms with van der Waals surface area (Å²) in [5, 5.41) is 10.6. The number of hydrogen-bond acceptors (Lipinski definition) is 3. The average molecular weight is 399 g/mol. The fourth-order valence-corrected chi connectivity index (χ4v) is 4.39. The van der Waals surface area contributed by atoms with Crippen LogP contribution in [0.3, 0.4) is 0 Å². The molecule has 1 N–H and O–H groups in total. The van der Waals surface area contributed by atoms with Gasteiger partial charge in [0.05, 0.1) is 12.0 Å². The molecule has 28 heavy (non-hydrogen) atoms. The van der Waals surface area contributed by atoms with E-state index in [1.54, 1.807) is 0 Å². The number of aliphatic hydroxyl groups is 1. The van der Waals surface area contributed by atoms with E-state index in [4.69, 9.17) is 4.74 Å². The molecule has 0 aromatic heterocycles. The number of carbonyl (C=O) groups is 1. The summed E-state index contributed by atoms with van der Waals surface area (Å²) in [5.41, 5.74) is -1.13. The Morgan fingerprint density at radius 2 is 1.32 bits per heavy atom. The lowest BCUT2D eigenvalue weighted by atomic mass is 9.70. The largest absolute Gasteiger partial charge is 0.459 e. The highest BCUT2D eigenvalue weighted by Crippen LogP contribution is 2.43. The van der Waals surface area contributed by atoms with Crippen LogP contribution in [0.2, 0.25) is 0 Å². The molecular weight excluding hydrogens is 348 g/mol. The summed E-state index contributed by atoms with van der Waals surface area (Å²) in [7, 11) is 0. The van der Waals surface area contributed by atoms with Gasteiger partial charge in [0.2, 0.25) is 0 Å². The summed E-state index contributed by atoms with van der Waals surface area (Å²) in [6.45, 7) is 15.0. The van der Waals surface area contributed by atoms with E-state index in [-0.39, 0.29) is 17.8 Å². The van der Waals surface area contributed by atoms with Crippen LogP contribution in [0.1, 0.15) is 138 Å². The maximum absolute atomic E-state index is 12.7. The van der Waals surface area contributed by atoms with E-state index >= 15 is 0 Å². The molecule has 0 bridgehead atoms. The Balaban J connectivity index is 5.25. The molecule has 0 saturated heterocycles. The first-order valence-electron chi connectivity index (χ1n) is 12.1. The molecule has 0 aromatic rings. The number of esters is 1. The Morgan fingerprint density at radius 3 is 1.79 bits per heavy atom. The van der Waals surface area contributed by atoms with Gasteiger partial charge in [0, 0.05) is 0 Å². The summed E-state index contributed by atoms with van der Waals surface area (Å²) in [6.07, 6.45) is 13.8. The second kappa shape index (κ2) is 13.6. The zero-order chi connectivity index (χ0) is 21.7. The predicted molar refractivity (Wildman–Crippen MR) is 121 cm³/mol. The van der Waals surface area contributed by atoms with Crippen molar-refractivity contribution < 1.29 is 14.6 Å². The smallest absolute Gasteiger partial charge is 0.309 e. The molecule has 168 valence electrons. The summed E-state index contributed by atoms with van der Waals surface area (Å²) >= 11 is 0. The Kier molecular flexibility index (Phi) is 13.3. The molecule has 0 spiro atoms. The minimum absolute atomic E-state index is 0.101. The van der Waals surface area contributed by atoms with Gasteiger partial charge in [-0.15, -0.1) is 0 Å². The third kappa shape index (κ3) is 9.76. The number of rotatable bonds is 17. The van der Waals surface area contributed by atoms with Crippen LogP contribution < -0.4 is 0 Å². The Labute approximate surface area is 176 Å². The molecule has 0 aliphatic rings. The minimum Gasteiger partial charge on any atom is -0.459 e. The molecule has 3 heteroatoms. The van der Waals surface area contributed by atoms with Gasteiger partial charge in [0.1, 0.15) is 5.60 Å². The average Bonchev–Trinajstić information content (AvgIpc) is 2.69. The number of carbonyl (C=O) groups excluding carboxylic acids is 1. The van der Waals surface area contributed by atoms with E-state index in [2.05, 4.69) is 34.6 Å². The standard InChI is InChI=1S/C25H50O3/c1-8-14-16-17-19-23(7,18-15-9-2)21-25(12-5,13-6)28-22(26)20-24(27,10-3)11-4/h27H,8-21H2,1-7H3. The van der Waals surface area contributed by atoms with E-state index in [1.807, 2.05) is 13.8 Å². The van der Waals surface area contributed by atoms with Gasteiger partial charge in [-0.05, 0) is 50.4 Å². The number of unbranched alkanes of at least 4 members (excludes halogenated alkanes) is 4. The molecule has 0 aliphatic heterocycles. The molecule has 0 rings (SSSR count). The quantitative estimate of drug-likeness (QED) is 0.203. The fourth-order valence-electron chi connectivity index (χ4n) is 4.39. The lowest BCUT2D eigenvalue weighted by molar-refractivity contribution is -0.170. The monoisotopic (exact) mass is 398 g/mol. The molecule has 1 atom stereocenters. The van der Waals surface area contributed by atoms with E-state index < -0.39 is 11.2 Å². The van der Waals surface area contributed by atoms with E-state index in [1.165, 1.54) is 51.4 Å². The Morgan fingerprint density at radius 1 is 0.786 bits per heavy atom. The summed E-state index contributed by atoms with van der Waals surface area (Å²) in [4.78, 5) is 12.7. The van der Waals surface area contributed by atoms with Crippen molar-refractivity contribution in [1.29, 1.82) is 0 Å². The van der Waals surface area contributed by atoms with Crippen LogP contribution in [-0.4, -0.2) is 22.3 Å². The summed E-state index contributed by atoms with van der Waals surface area (Å²) < 4.78 is 6.14. The molecule has 0 amide bonds. The Bertz CT molecular complexity index is 410. The van der Waals surface area contributed by atoms with Gasteiger partial charge in [-0.1, -0.05) is 87.0 Å². The first-order valence-corrected chi connectivity index (χ1v) is 12.1. The fraction of sp³-hybridized carbons (Fsp3) is 0.960. The SMILES string of the molecule is CCCCCCC(C)(CCCC)CC(CC)(CC)OC(=O)CC(O)(CC)CC. The first kappa shape index (κ1) is 27.4. The van der Waals surface area contributed by atoms with E-state index in [9.17, 15) is 9.90 Å². The first-order chi connectivity index (χ1) is 13.2. The minimum atomic E-state index is -0.935. The molecule has 0 aromatic carbocycles. The second-order valence-electron chi connectivity index (χ2n) is 9.37. The van der Waals surface area contributed by atoms with Crippen molar-refractivity contribution in [3.63, 3.8) is 0 Å². The molecule has 0 heterocycles. The highest BCUT2D eigenvalue weighted by atomic mass is 16.6. The second-order valence-corrected chi connectivity index (χ2v) is 9.37. The number of hydrogen-bond donors (Lipinski definition) is 1.